The summed E-state index contributed by atoms with van der Waals surface area (Å²) in [6.07, 6.45) is -6.09. The molecular formula is C26H28F4N2O6S. The van der Waals surface area contributed by atoms with Crippen molar-refractivity contribution in [2.24, 2.45) is 0 Å². The molecule has 2 atom stereocenters. The van der Waals surface area contributed by atoms with Crippen molar-refractivity contribution in [3.8, 4) is 0 Å². The number of fused-ring (bicyclic) bond motifs is 1. The van der Waals surface area contributed by atoms with Crippen LogP contribution < -0.4 is 5.32 Å². The number of hydrogen-bond donors (Lipinski definition) is 2. The van der Waals surface area contributed by atoms with Crippen molar-refractivity contribution in [1.29, 1.82) is 0 Å². The van der Waals surface area contributed by atoms with Gasteiger partial charge in [-0.15, -0.1) is 11.8 Å². The van der Waals surface area contributed by atoms with Crippen molar-refractivity contribution in [2.45, 2.75) is 62.3 Å². The molecule has 0 aromatic heterocycles. The lowest BCUT2D eigenvalue weighted by Gasteiger charge is -2.28. The first-order valence-electron chi connectivity index (χ1n) is 11.7. The highest BCUT2D eigenvalue weighted by molar-refractivity contribution is 7.99. The Balaban J connectivity index is 1.84. The number of ether oxygens (including phenoxy) is 2. The molecule has 0 aliphatic carbocycles. The molecule has 2 unspecified atom stereocenters. The molecule has 0 spiro atoms. The molecular weight excluding hydrogens is 544 g/mol. The predicted octanol–water partition coefficient (Wildman–Crippen LogP) is 5.45. The van der Waals surface area contributed by atoms with E-state index < -0.39 is 41.2 Å². The molecule has 2 N–H and O–H groups in total. The Labute approximate surface area is 226 Å². The van der Waals surface area contributed by atoms with Gasteiger partial charge >= 0.3 is 24.1 Å². The first-order chi connectivity index (χ1) is 18.0. The number of hydrogen-bond acceptors (Lipinski definition) is 7. The summed E-state index contributed by atoms with van der Waals surface area (Å²) in [5.74, 6) is -5.12. The molecule has 212 valence electrons. The minimum Gasteiger partial charge on any atom is -0.469 e. The maximum absolute atomic E-state index is 13.8. The molecule has 1 heterocycles. The van der Waals surface area contributed by atoms with Crippen molar-refractivity contribution in [2.75, 3.05) is 18.2 Å². The average Bonchev–Trinajstić information content (AvgIpc) is 3.22. The van der Waals surface area contributed by atoms with E-state index in [9.17, 15) is 37.1 Å². The third-order valence-electron chi connectivity index (χ3n) is 5.65. The van der Waals surface area contributed by atoms with Crippen LogP contribution in [-0.4, -0.2) is 52.6 Å². The molecule has 13 heteroatoms. The molecule has 39 heavy (non-hydrogen) atoms. The van der Waals surface area contributed by atoms with Crippen molar-refractivity contribution >= 4 is 35.4 Å². The predicted molar refractivity (Wildman–Crippen MR) is 134 cm³/mol. The molecule has 2 aromatic rings. The minimum atomic E-state index is -5.55. The molecule has 0 bridgehead atoms. The number of halogens is 4. The highest BCUT2D eigenvalue weighted by Gasteiger charge is 2.56. The maximum atomic E-state index is 13.8. The van der Waals surface area contributed by atoms with Gasteiger partial charge in [-0.1, -0.05) is 18.2 Å². The van der Waals surface area contributed by atoms with E-state index in [-0.39, 0.29) is 24.6 Å². The number of carbonyl (C=O) groups is 3. The largest absolute Gasteiger partial charge is 0.469 e. The third-order valence-corrected chi connectivity index (χ3v) is 6.65. The van der Waals surface area contributed by atoms with Gasteiger partial charge in [0.25, 0.3) is 5.91 Å². The molecule has 3 rings (SSSR count). The molecule has 0 saturated carbocycles. The second-order valence-corrected chi connectivity index (χ2v) is 10.9. The lowest BCUT2D eigenvalue weighted by molar-refractivity contribution is -0.323. The number of anilines is 1. The second-order valence-electron chi connectivity index (χ2n) is 9.73. The molecule has 0 fully saturated rings. The minimum absolute atomic E-state index is 0.0225. The Hall–Kier alpha value is -3.32. The summed E-state index contributed by atoms with van der Waals surface area (Å²) >= 11 is 1.40. The number of methoxy groups -OCH3 is 1. The number of nitrogens with one attached hydrogen (secondary N) is 1. The Bertz CT molecular complexity index is 1230. The van der Waals surface area contributed by atoms with Crippen molar-refractivity contribution in [3.05, 3.63) is 59.2 Å². The van der Waals surface area contributed by atoms with Crippen LogP contribution in [0, 0.1) is 0 Å². The molecule has 8 nitrogen and oxygen atoms in total. The van der Waals surface area contributed by atoms with Gasteiger partial charge < -0.3 is 19.9 Å². The van der Waals surface area contributed by atoms with Crippen LogP contribution in [0.15, 0.2) is 47.4 Å². The molecule has 1 aliphatic rings. The van der Waals surface area contributed by atoms with Crippen LogP contribution >= 0.6 is 11.8 Å². The number of carbonyl (C=O) groups excluding carboxylic acids is 3. The number of benzene rings is 2. The summed E-state index contributed by atoms with van der Waals surface area (Å²) < 4.78 is 62.3. The highest BCUT2D eigenvalue weighted by Crippen LogP contribution is 2.41. The number of alkyl halides is 4. The Morgan fingerprint density at radius 3 is 2.28 bits per heavy atom. The van der Waals surface area contributed by atoms with Gasteiger partial charge in [0.1, 0.15) is 11.6 Å². The van der Waals surface area contributed by atoms with Gasteiger partial charge in [-0.3, -0.25) is 14.5 Å². The molecule has 2 amide bonds. The van der Waals surface area contributed by atoms with Crippen LogP contribution in [0.5, 0.6) is 0 Å². The van der Waals surface area contributed by atoms with Gasteiger partial charge in [0.05, 0.1) is 20.1 Å². The first kappa shape index (κ1) is 30.2. The number of esters is 1. The zero-order valence-corrected chi connectivity index (χ0v) is 22.4. The van der Waals surface area contributed by atoms with Gasteiger partial charge in [-0.2, -0.15) is 17.6 Å². The Kier molecular flexibility index (Phi) is 8.85. The van der Waals surface area contributed by atoms with Crippen LogP contribution in [0.3, 0.4) is 0 Å². The monoisotopic (exact) mass is 572 g/mol. The summed E-state index contributed by atoms with van der Waals surface area (Å²) in [5, 5.41) is 11.7. The van der Waals surface area contributed by atoms with E-state index in [0.717, 1.165) is 17.0 Å². The summed E-state index contributed by atoms with van der Waals surface area (Å²) in [6, 6.07) is 7.53. The smallest absolute Gasteiger partial charge is 0.453 e. The van der Waals surface area contributed by atoms with E-state index in [1.165, 1.54) is 23.8 Å². The topological polar surface area (TPSA) is 105 Å². The Morgan fingerprint density at radius 2 is 1.72 bits per heavy atom. The molecule has 1 aliphatic heterocycles. The normalized spacial score (nSPS) is 16.7. The Morgan fingerprint density at radius 1 is 1.08 bits per heavy atom. The first-order valence-corrected chi connectivity index (χ1v) is 12.7. The lowest BCUT2D eigenvalue weighted by atomic mass is 10.0. The van der Waals surface area contributed by atoms with E-state index in [1.807, 2.05) is 0 Å². The van der Waals surface area contributed by atoms with E-state index in [2.05, 4.69) is 10.1 Å². The number of aliphatic hydroxyl groups is 1. The van der Waals surface area contributed by atoms with Crippen LogP contribution in [0.4, 0.5) is 28.0 Å². The molecule has 2 aromatic carbocycles. The van der Waals surface area contributed by atoms with Crippen LogP contribution in [0.25, 0.3) is 0 Å². The fourth-order valence-electron chi connectivity index (χ4n) is 3.79. The number of thioether (sulfide) groups is 1. The van der Waals surface area contributed by atoms with Gasteiger partial charge in [0.2, 0.25) is 0 Å². The van der Waals surface area contributed by atoms with Gasteiger partial charge in [-0.25, -0.2) is 4.79 Å². The van der Waals surface area contributed by atoms with E-state index >= 15 is 0 Å². The van der Waals surface area contributed by atoms with Gasteiger partial charge in [0.15, 0.2) is 0 Å². The fourth-order valence-corrected chi connectivity index (χ4v) is 4.69. The SMILES string of the molecule is COC(=O)CCSc1ccc2c(c1)CN(C(=O)OC(C)(C)C)C2C(=O)Nc1ccc(C(O)(F)C(F)(F)F)cc1. The summed E-state index contributed by atoms with van der Waals surface area (Å²) in [6.45, 7) is 5.07. The second kappa shape index (κ2) is 11.4. The van der Waals surface area contributed by atoms with Crippen molar-refractivity contribution < 1.29 is 46.5 Å². The standard InChI is InChI=1S/C26H28F4N2O6S/c1-24(2,3)38-23(35)32-14-15-13-18(39-12-11-20(33)37-4)9-10-19(15)21(32)22(34)31-17-7-5-16(6-8-17)25(27,36)26(28,29)30/h5-10,13,21,36H,11-12,14H2,1-4H3,(H,31,34). The maximum Gasteiger partial charge on any atom is 0.453 e. The quantitative estimate of drug-likeness (QED) is 0.258. The van der Waals surface area contributed by atoms with E-state index in [0.29, 0.717) is 29.0 Å². The summed E-state index contributed by atoms with van der Waals surface area (Å²) in [7, 11) is 1.30. The van der Waals surface area contributed by atoms with Gasteiger partial charge in [0, 0.05) is 21.9 Å². The van der Waals surface area contributed by atoms with Crippen LogP contribution in [0.1, 0.15) is 49.9 Å². The zero-order valence-electron chi connectivity index (χ0n) is 21.6. The molecule has 0 saturated heterocycles. The average molecular weight is 573 g/mol. The van der Waals surface area contributed by atoms with Crippen LogP contribution in [0.2, 0.25) is 0 Å². The van der Waals surface area contributed by atoms with Crippen LogP contribution in [-0.2, 0) is 31.5 Å². The van der Waals surface area contributed by atoms with Gasteiger partial charge in [-0.05, 0) is 56.2 Å². The van der Waals surface area contributed by atoms with E-state index in [4.69, 9.17) is 4.74 Å². The number of rotatable bonds is 7. The van der Waals surface area contributed by atoms with Crippen molar-refractivity contribution in [1.82, 2.24) is 4.90 Å². The number of nitrogens with zero attached hydrogens (tertiary/aromatic N) is 1. The molecule has 0 radical (unpaired) electrons. The fraction of sp³-hybridized carbons (Fsp3) is 0.423. The lowest BCUT2D eigenvalue weighted by Crippen LogP contribution is -2.40. The zero-order chi connectivity index (χ0) is 29.2. The number of amides is 2. The summed E-state index contributed by atoms with van der Waals surface area (Å²) in [5.41, 5.74) is -0.685. The highest BCUT2D eigenvalue weighted by atomic mass is 32.2. The summed E-state index contributed by atoms with van der Waals surface area (Å²) in [4.78, 5) is 39.8. The van der Waals surface area contributed by atoms with E-state index in [1.54, 1.807) is 39.0 Å². The van der Waals surface area contributed by atoms with Crippen molar-refractivity contribution in [3.63, 3.8) is 0 Å². The third kappa shape index (κ3) is 7.21.